The highest BCUT2D eigenvalue weighted by Crippen LogP contribution is 2.42. The van der Waals surface area contributed by atoms with Crippen molar-refractivity contribution in [1.82, 2.24) is 13.8 Å². The largest absolute Gasteiger partial charge is 0.322 e. The maximum atomic E-state index is 14.9. The van der Waals surface area contributed by atoms with Gasteiger partial charge in [0, 0.05) is 41.8 Å². The third kappa shape index (κ3) is 5.42. The molecule has 3 N–H and O–H groups in total. The molecule has 2 aromatic carbocycles. The average molecular weight is 584 g/mol. The molecule has 0 bridgehead atoms. The van der Waals surface area contributed by atoms with Gasteiger partial charge in [0.2, 0.25) is 5.91 Å². The van der Waals surface area contributed by atoms with Crippen LogP contribution in [-0.4, -0.2) is 23.5 Å². The second kappa shape index (κ2) is 10.7. The van der Waals surface area contributed by atoms with Crippen molar-refractivity contribution in [3.05, 3.63) is 95.6 Å². The van der Waals surface area contributed by atoms with E-state index in [0.717, 1.165) is 36.4 Å². The molecule has 1 amide bonds. The van der Waals surface area contributed by atoms with Crippen LogP contribution < -0.4 is 14.2 Å². The van der Waals surface area contributed by atoms with E-state index in [2.05, 4.69) is 54.1 Å². The van der Waals surface area contributed by atoms with Crippen LogP contribution in [0.1, 0.15) is 54.7 Å². The van der Waals surface area contributed by atoms with Crippen LogP contribution in [0.5, 0.6) is 0 Å². The van der Waals surface area contributed by atoms with Crippen molar-refractivity contribution in [3.8, 4) is 0 Å². The van der Waals surface area contributed by atoms with Crippen LogP contribution in [0.3, 0.4) is 0 Å². The van der Waals surface area contributed by atoms with E-state index in [9.17, 15) is 9.18 Å². The van der Waals surface area contributed by atoms with Gasteiger partial charge in [0.1, 0.15) is 5.82 Å². The Balaban J connectivity index is 1.37. The van der Waals surface area contributed by atoms with Crippen molar-refractivity contribution >= 4 is 34.5 Å². The highest BCUT2D eigenvalue weighted by atomic mass is 127. The number of amides is 1. The molecule has 5 rings (SSSR count). The molecule has 2 heterocycles. The van der Waals surface area contributed by atoms with Gasteiger partial charge in [0.15, 0.2) is 0 Å². The Kier molecular flexibility index (Phi) is 7.45. The number of halogens is 2. The summed E-state index contributed by atoms with van der Waals surface area (Å²) in [4.78, 5) is 17.3. The van der Waals surface area contributed by atoms with Crippen molar-refractivity contribution < 1.29 is 9.18 Å². The molecule has 182 valence electrons. The van der Waals surface area contributed by atoms with Crippen molar-refractivity contribution in [2.45, 2.75) is 49.6 Å². The molecule has 0 spiro atoms. The maximum Gasteiger partial charge on any atom is 0.241 e. The molecule has 1 unspecified atom stereocenters. The second-order valence-corrected chi connectivity index (χ2v) is 10.2. The predicted octanol–water partition coefficient (Wildman–Crippen LogP) is 5.68. The average Bonchev–Trinajstić information content (AvgIpc) is 3.60. The lowest BCUT2D eigenvalue weighted by Gasteiger charge is -2.34. The van der Waals surface area contributed by atoms with Gasteiger partial charge in [-0.1, -0.05) is 49.2 Å². The second-order valence-electron chi connectivity index (χ2n) is 9.71. The molecular formula is C28H30FIN4O. The number of carbonyl (C=O) groups is 1. The van der Waals surface area contributed by atoms with Crippen LogP contribution in [0.15, 0.2) is 73.1 Å². The summed E-state index contributed by atoms with van der Waals surface area (Å²) >= 11 is 2.20. The molecule has 1 aromatic heterocycles. The highest BCUT2D eigenvalue weighted by Gasteiger charge is 2.37. The van der Waals surface area contributed by atoms with E-state index in [1.807, 2.05) is 36.4 Å². The van der Waals surface area contributed by atoms with Gasteiger partial charge in [-0.25, -0.2) is 7.92 Å². The van der Waals surface area contributed by atoms with Gasteiger partial charge < -0.3 is 10.6 Å². The van der Waals surface area contributed by atoms with E-state index in [0.29, 0.717) is 6.42 Å². The van der Waals surface area contributed by atoms with E-state index >= 15 is 0 Å². The zero-order valence-corrected chi connectivity index (χ0v) is 21.7. The minimum absolute atomic E-state index is 0.200. The molecule has 2 fully saturated rings. The number of carbonyl (C=O) groups excluding carboxylic acids is 1. The molecule has 3 atom stereocenters. The molecule has 1 aliphatic heterocycles. The summed E-state index contributed by atoms with van der Waals surface area (Å²) < 4.78 is 18.4. The lowest BCUT2D eigenvalue weighted by molar-refractivity contribution is -0.117. The lowest BCUT2D eigenvalue weighted by Crippen LogP contribution is -2.38. The van der Waals surface area contributed by atoms with E-state index in [1.165, 1.54) is 24.5 Å². The fourth-order valence-corrected chi connectivity index (χ4v) is 5.99. The van der Waals surface area contributed by atoms with Crippen LogP contribution in [0.2, 0.25) is 0 Å². The molecule has 7 heteroatoms. The molecular weight excluding hydrogens is 554 g/mol. The minimum atomic E-state index is -0.497. The summed E-state index contributed by atoms with van der Waals surface area (Å²) in [6.07, 6.45) is 8.78. The first-order valence-corrected chi connectivity index (χ1v) is 13.3. The number of nitrogens with zero attached hydrogens (tertiary/aromatic N) is 1. The number of benzene rings is 2. The van der Waals surface area contributed by atoms with Gasteiger partial charge in [-0.15, -0.1) is 0 Å². The predicted molar refractivity (Wildman–Crippen MR) is 145 cm³/mol. The molecule has 1 saturated carbocycles. The number of nitrogens with one attached hydrogen (secondary N) is 3. The topological polar surface area (TPSA) is 66.0 Å². The highest BCUT2D eigenvalue weighted by molar-refractivity contribution is 14.1. The Morgan fingerprint density at radius 3 is 2.57 bits per heavy atom. The SMILES string of the molecule is O=C(Nc1cc(C(CCC2CC2)(NI)c2ccncc2)ccc1F)[C@H]1C[C@H](c2ccccc2)CN1. The van der Waals surface area contributed by atoms with Crippen LogP contribution in [0.25, 0.3) is 0 Å². The Bertz CT molecular complexity index is 1160. The Morgan fingerprint density at radius 1 is 1.09 bits per heavy atom. The zero-order chi connectivity index (χ0) is 24.3. The van der Waals surface area contributed by atoms with Crippen molar-refractivity contribution in [3.63, 3.8) is 0 Å². The standard InChI is InChI=1S/C28H30FIN4O/c29-24-9-8-23(28(34-30,13-10-19-6-7-19)22-11-14-31-15-12-22)17-25(24)33-27(35)26-16-21(18-32-26)20-4-2-1-3-5-20/h1-5,8-9,11-12,14-15,17,19,21,26,32,34H,6-7,10,13,16,18H2,(H,33,35)/t21-,26+,28?/m0/s1. The lowest BCUT2D eigenvalue weighted by atomic mass is 9.79. The van der Waals surface area contributed by atoms with Crippen LogP contribution in [0, 0.1) is 11.7 Å². The summed E-state index contributed by atoms with van der Waals surface area (Å²) in [5.41, 5.74) is 2.94. The normalized spacial score (nSPS) is 21.4. The number of hydrogen-bond acceptors (Lipinski definition) is 4. The zero-order valence-electron chi connectivity index (χ0n) is 19.5. The number of rotatable bonds is 9. The Hall–Kier alpha value is -2.36. The van der Waals surface area contributed by atoms with Gasteiger partial charge in [-0.3, -0.25) is 9.78 Å². The van der Waals surface area contributed by atoms with Gasteiger partial charge in [-0.2, -0.15) is 0 Å². The molecule has 1 aliphatic carbocycles. The molecule has 3 aromatic rings. The smallest absolute Gasteiger partial charge is 0.241 e. The number of aromatic nitrogens is 1. The molecule has 35 heavy (non-hydrogen) atoms. The number of hydrogen-bond donors (Lipinski definition) is 3. The molecule has 2 aliphatic rings. The summed E-state index contributed by atoms with van der Waals surface area (Å²) in [5.74, 6) is 0.396. The quantitative estimate of drug-likeness (QED) is 0.224. The summed E-state index contributed by atoms with van der Waals surface area (Å²) in [6, 6.07) is 18.9. The Morgan fingerprint density at radius 2 is 1.86 bits per heavy atom. The number of pyridine rings is 1. The summed E-state index contributed by atoms with van der Waals surface area (Å²) in [5, 5.41) is 6.18. The minimum Gasteiger partial charge on any atom is -0.322 e. The van der Waals surface area contributed by atoms with Gasteiger partial charge in [0.25, 0.3) is 0 Å². The fourth-order valence-electron chi connectivity index (χ4n) is 5.10. The van der Waals surface area contributed by atoms with Gasteiger partial charge in [-0.05, 0) is 72.1 Å². The Labute approximate surface area is 219 Å². The monoisotopic (exact) mass is 584 g/mol. The molecule has 0 radical (unpaired) electrons. The van der Waals surface area contributed by atoms with Crippen molar-refractivity contribution in [2.75, 3.05) is 11.9 Å². The van der Waals surface area contributed by atoms with Crippen LogP contribution in [-0.2, 0) is 10.3 Å². The first-order valence-electron chi connectivity index (χ1n) is 12.3. The van der Waals surface area contributed by atoms with Gasteiger partial charge >= 0.3 is 0 Å². The van der Waals surface area contributed by atoms with E-state index in [4.69, 9.17) is 0 Å². The third-order valence-corrected chi connectivity index (χ3v) is 8.32. The van der Waals surface area contributed by atoms with E-state index in [-0.39, 0.29) is 23.6 Å². The third-order valence-electron chi connectivity index (χ3n) is 7.39. The molecule has 5 nitrogen and oxygen atoms in total. The molecule has 1 saturated heterocycles. The van der Waals surface area contributed by atoms with Crippen LogP contribution in [0.4, 0.5) is 10.1 Å². The van der Waals surface area contributed by atoms with Crippen LogP contribution >= 0.6 is 22.9 Å². The van der Waals surface area contributed by atoms with E-state index < -0.39 is 11.4 Å². The number of anilines is 1. The van der Waals surface area contributed by atoms with E-state index in [1.54, 1.807) is 18.5 Å². The first-order chi connectivity index (χ1) is 17.1. The van der Waals surface area contributed by atoms with Crippen molar-refractivity contribution in [2.24, 2.45) is 5.92 Å². The maximum absolute atomic E-state index is 14.9. The fraction of sp³-hybridized carbons (Fsp3) is 0.357. The van der Waals surface area contributed by atoms with Gasteiger partial charge in [0.05, 0.1) is 17.3 Å². The van der Waals surface area contributed by atoms with Crippen molar-refractivity contribution in [1.29, 1.82) is 0 Å². The summed E-state index contributed by atoms with van der Waals surface area (Å²) in [7, 11) is 0. The summed E-state index contributed by atoms with van der Waals surface area (Å²) in [6.45, 7) is 0.732. The first kappa shape index (κ1) is 24.3.